The van der Waals surface area contributed by atoms with Crippen molar-refractivity contribution in [3.05, 3.63) is 82.7 Å². The first-order valence-corrected chi connectivity index (χ1v) is 11.1. The van der Waals surface area contributed by atoms with Gasteiger partial charge in [-0.1, -0.05) is 0 Å². The Balaban J connectivity index is 1.39. The maximum Gasteiger partial charge on any atom is 0.261 e. The number of carbonyl (C=O) groups is 3. The molecule has 8 heteroatoms. The lowest BCUT2D eigenvalue weighted by Crippen LogP contribution is -2.29. The number of carbonyl (C=O) groups excluding carboxylic acids is 3. The molecule has 34 heavy (non-hydrogen) atoms. The lowest BCUT2D eigenvalue weighted by Gasteiger charge is -2.14. The van der Waals surface area contributed by atoms with E-state index in [4.69, 9.17) is 9.47 Å². The number of hydrogen-bond donors (Lipinski definition) is 1. The van der Waals surface area contributed by atoms with Gasteiger partial charge in [-0.2, -0.15) is 0 Å². The zero-order valence-electron chi connectivity index (χ0n) is 18.8. The van der Waals surface area contributed by atoms with Crippen molar-refractivity contribution in [2.75, 3.05) is 11.9 Å². The Morgan fingerprint density at radius 2 is 1.88 bits per heavy atom. The minimum Gasteiger partial charge on any atom is -0.492 e. The first-order valence-electron chi connectivity index (χ1n) is 11.1. The lowest BCUT2D eigenvalue weighted by molar-refractivity contribution is 0.0642. The molecule has 0 radical (unpaired) electrons. The van der Waals surface area contributed by atoms with Crippen molar-refractivity contribution in [2.24, 2.45) is 0 Å². The Bertz CT molecular complexity index is 1310. The molecule has 2 aliphatic rings. The van der Waals surface area contributed by atoms with Crippen LogP contribution in [0.5, 0.6) is 11.5 Å². The van der Waals surface area contributed by atoms with Gasteiger partial charge in [-0.05, 0) is 55.8 Å². The molecular weight excluding hydrogens is 434 g/mol. The molecule has 1 N–H and O–H groups in total. The topological polar surface area (TPSA) is 97.8 Å². The van der Waals surface area contributed by atoms with Gasteiger partial charge in [0.05, 0.1) is 30.0 Å². The highest BCUT2D eigenvalue weighted by Gasteiger charge is 2.36. The largest absolute Gasteiger partial charge is 0.492 e. The number of fused-ring (bicyclic) bond motifs is 2. The average Bonchev–Trinajstić information content (AvgIpc) is 3.31. The van der Waals surface area contributed by atoms with Crippen LogP contribution in [0.1, 0.15) is 56.0 Å². The van der Waals surface area contributed by atoms with Crippen molar-refractivity contribution in [1.29, 1.82) is 0 Å². The van der Waals surface area contributed by atoms with Crippen LogP contribution < -0.4 is 14.8 Å². The summed E-state index contributed by atoms with van der Waals surface area (Å²) in [5, 5.41) is 2.86. The smallest absolute Gasteiger partial charge is 0.261 e. The molecule has 1 atom stereocenters. The van der Waals surface area contributed by atoms with E-state index in [0.29, 0.717) is 23.8 Å². The Morgan fingerprint density at radius 3 is 2.65 bits per heavy atom. The molecule has 2 aliphatic heterocycles. The fourth-order valence-corrected chi connectivity index (χ4v) is 4.25. The van der Waals surface area contributed by atoms with Gasteiger partial charge in [-0.25, -0.2) is 0 Å². The molecule has 0 saturated carbocycles. The van der Waals surface area contributed by atoms with Gasteiger partial charge in [0.2, 0.25) is 0 Å². The van der Waals surface area contributed by atoms with Crippen LogP contribution >= 0.6 is 0 Å². The van der Waals surface area contributed by atoms with Crippen molar-refractivity contribution in [3.8, 4) is 11.5 Å². The fourth-order valence-electron chi connectivity index (χ4n) is 4.25. The number of rotatable bonds is 6. The summed E-state index contributed by atoms with van der Waals surface area (Å²) >= 11 is 0. The van der Waals surface area contributed by atoms with Crippen molar-refractivity contribution in [2.45, 2.75) is 32.9 Å². The summed E-state index contributed by atoms with van der Waals surface area (Å²) in [7, 11) is 0. The Labute approximate surface area is 196 Å². The number of ether oxygens (including phenoxy) is 2. The van der Waals surface area contributed by atoms with Crippen LogP contribution in [0.3, 0.4) is 0 Å². The van der Waals surface area contributed by atoms with E-state index in [1.54, 1.807) is 36.7 Å². The Hall–Kier alpha value is -4.20. The molecule has 0 unspecified atom stereocenters. The SMILES string of the molecule is CCOc1cc2c(cc1NC(=O)c1ccc3c(c1)C(=O)N(Cc1ccncc1)C3=O)O[C@@H](C)C2. The number of amides is 3. The Morgan fingerprint density at radius 1 is 1.12 bits per heavy atom. The van der Waals surface area contributed by atoms with Gasteiger partial charge in [0.1, 0.15) is 17.6 Å². The number of hydrogen-bond acceptors (Lipinski definition) is 6. The van der Waals surface area contributed by atoms with E-state index in [-0.39, 0.29) is 35.2 Å². The second kappa shape index (κ2) is 8.62. The molecule has 0 spiro atoms. The third-order valence-corrected chi connectivity index (χ3v) is 5.87. The number of imide groups is 1. The van der Waals surface area contributed by atoms with Crippen LogP contribution in [0.15, 0.2) is 54.9 Å². The molecule has 3 aromatic rings. The molecule has 3 heterocycles. The van der Waals surface area contributed by atoms with E-state index in [2.05, 4.69) is 10.3 Å². The van der Waals surface area contributed by atoms with Crippen molar-refractivity contribution < 1.29 is 23.9 Å². The summed E-state index contributed by atoms with van der Waals surface area (Å²) in [6, 6.07) is 11.7. The summed E-state index contributed by atoms with van der Waals surface area (Å²) in [5.41, 5.74) is 3.07. The normalized spacial score (nSPS) is 16.2. The van der Waals surface area contributed by atoms with Gasteiger partial charge in [-0.15, -0.1) is 0 Å². The summed E-state index contributed by atoms with van der Waals surface area (Å²) in [6.45, 7) is 4.45. The van der Waals surface area contributed by atoms with Crippen LogP contribution in [0.25, 0.3) is 0 Å². The molecule has 1 aromatic heterocycles. The number of benzene rings is 2. The van der Waals surface area contributed by atoms with Crippen LogP contribution in [0.4, 0.5) is 5.69 Å². The third-order valence-electron chi connectivity index (χ3n) is 5.87. The number of pyridine rings is 1. The van der Waals surface area contributed by atoms with Crippen molar-refractivity contribution in [1.82, 2.24) is 9.88 Å². The van der Waals surface area contributed by atoms with E-state index in [9.17, 15) is 14.4 Å². The molecule has 0 bridgehead atoms. The zero-order chi connectivity index (χ0) is 23.8. The van der Waals surface area contributed by atoms with Gasteiger partial charge in [-0.3, -0.25) is 24.3 Å². The van der Waals surface area contributed by atoms with Crippen LogP contribution in [0.2, 0.25) is 0 Å². The van der Waals surface area contributed by atoms with E-state index < -0.39 is 11.8 Å². The predicted octanol–water partition coefficient (Wildman–Crippen LogP) is 3.85. The highest BCUT2D eigenvalue weighted by Crippen LogP contribution is 2.38. The number of nitrogens with zero attached hydrogens (tertiary/aromatic N) is 2. The van der Waals surface area contributed by atoms with Gasteiger partial charge >= 0.3 is 0 Å². The minimum absolute atomic E-state index is 0.0609. The molecule has 2 aromatic carbocycles. The first kappa shape index (κ1) is 21.6. The number of nitrogens with one attached hydrogen (secondary N) is 1. The maximum atomic E-state index is 13.1. The zero-order valence-corrected chi connectivity index (χ0v) is 18.8. The quantitative estimate of drug-likeness (QED) is 0.565. The van der Waals surface area contributed by atoms with E-state index in [1.807, 2.05) is 19.9 Å². The monoisotopic (exact) mass is 457 g/mol. The average molecular weight is 457 g/mol. The van der Waals surface area contributed by atoms with Gasteiger partial charge < -0.3 is 14.8 Å². The highest BCUT2D eigenvalue weighted by atomic mass is 16.5. The second-order valence-corrected chi connectivity index (χ2v) is 8.29. The lowest BCUT2D eigenvalue weighted by atomic mass is 10.0. The van der Waals surface area contributed by atoms with Gasteiger partial charge in [0.15, 0.2) is 0 Å². The van der Waals surface area contributed by atoms with Crippen LogP contribution in [-0.4, -0.2) is 40.3 Å². The molecule has 0 fully saturated rings. The molecule has 0 aliphatic carbocycles. The summed E-state index contributed by atoms with van der Waals surface area (Å²) in [6.07, 6.45) is 4.06. The molecule has 172 valence electrons. The number of anilines is 1. The highest BCUT2D eigenvalue weighted by molar-refractivity contribution is 6.22. The summed E-state index contributed by atoms with van der Waals surface area (Å²) in [4.78, 5) is 44.0. The predicted molar refractivity (Wildman–Crippen MR) is 124 cm³/mol. The van der Waals surface area contributed by atoms with Gasteiger partial charge in [0, 0.05) is 36.0 Å². The molecule has 3 amide bonds. The molecule has 0 saturated heterocycles. The second-order valence-electron chi connectivity index (χ2n) is 8.29. The van der Waals surface area contributed by atoms with E-state index in [0.717, 1.165) is 17.5 Å². The maximum absolute atomic E-state index is 13.1. The summed E-state index contributed by atoms with van der Waals surface area (Å²) in [5.74, 6) is 0.0484. The minimum atomic E-state index is -0.429. The van der Waals surface area contributed by atoms with Gasteiger partial charge in [0.25, 0.3) is 17.7 Å². The van der Waals surface area contributed by atoms with Crippen LogP contribution in [-0.2, 0) is 13.0 Å². The van der Waals surface area contributed by atoms with E-state index in [1.165, 1.54) is 17.0 Å². The third kappa shape index (κ3) is 3.87. The van der Waals surface area contributed by atoms with Crippen molar-refractivity contribution >= 4 is 23.4 Å². The van der Waals surface area contributed by atoms with E-state index >= 15 is 0 Å². The summed E-state index contributed by atoms with van der Waals surface area (Å²) < 4.78 is 11.5. The molecule has 8 nitrogen and oxygen atoms in total. The Kier molecular flexibility index (Phi) is 5.49. The standard InChI is InChI=1S/C26H23N3O5/c1-3-33-23-12-18-10-15(2)34-22(18)13-21(23)28-24(30)17-4-5-19-20(11-17)26(32)29(25(19)31)14-16-6-8-27-9-7-16/h4-9,11-13,15H,3,10,14H2,1-2H3,(H,28,30)/t15-/m0/s1. The molecular formula is C26H23N3O5. The number of aromatic nitrogens is 1. The first-order chi connectivity index (χ1) is 16.4. The fraction of sp³-hybridized carbons (Fsp3) is 0.231. The van der Waals surface area contributed by atoms with Crippen molar-refractivity contribution in [3.63, 3.8) is 0 Å². The van der Waals surface area contributed by atoms with Crippen LogP contribution in [0, 0.1) is 0 Å². The molecule has 5 rings (SSSR count).